The lowest BCUT2D eigenvalue weighted by Gasteiger charge is -2.13. The van der Waals surface area contributed by atoms with Crippen molar-refractivity contribution in [2.45, 2.75) is 6.10 Å². The van der Waals surface area contributed by atoms with Crippen molar-refractivity contribution in [2.24, 2.45) is 0 Å². The molecule has 1 aromatic heterocycles. The normalized spacial score (nSPS) is 12.0. The SMILES string of the molecule is COc1ccnc(NCC(O)c2cc(Cl)cc(Cl)c2)n1. The zero-order valence-electron chi connectivity index (χ0n) is 10.7. The maximum absolute atomic E-state index is 10.1. The molecule has 5 nitrogen and oxygen atoms in total. The third-order valence-electron chi connectivity index (χ3n) is 2.56. The smallest absolute Gasteiger partial charge is 0.226 e. The van der Waals surface area contributed by atoms with Gasteiger partial charge in [0.05, 0.1) is 13.2 Å². The second-order valence-corrected chi connectivity index (χ2v) is 4.89. The van der Waals surface area contributed by atoms with Crippen LogP contribution in [0.1, 0.15) is 11.7 Å². The fourth-order valence-corrected chi connectivity index (χ4v) is 2.16. The molecule has 0 aliphatic rings. The van der Waals surface area contributed by atoms with Crippen molar-refractivity contribution in [3.8, 4) is 5.88 Å². The first-order valence-electron chi connectivity index (χ1n) is 5.83. The van der Waals surface area contributed by atoms with E-state index in [2.05, 4.69) is 15.3 Å². The average Bonchev–Trinajstić information content (AvgIpc) is 2.44. The predicted molar refractivity (Wildman–Crippen MR) is 78.5 cm³/mol. The Morgan fingerprint density at radius 3 is 2.65 bits per heavy atom. The number of nitrogens with one attached hydrogen (secondary N) is 1. The second kappa shape index (κ2) is 6.74. The Morgan fingerprint density at radius 2 is 2.00 bits per heavy atom. The summed E-state index contributed by atoms with van der Waals surface area (Å²) in [5.74, 6) is 0.819. The molecule has 0 fully saturated rings. The van der Waals surface area contributed by atoms with Crippen LogP contribution in [0.3, 0.4) is 0 Å². The first kappa shape index (κ1) is 14.8. The summed E-state index contributed by atoms with van der Waals surface area (Å²) in [4.78, 5) is 8.11. The molecule has 0 saturated heterocycles. The van der Waals surface area contributed by atoms with E-state index in [1.54, 1.807) is 30.5 Å². The van der Waals surface area contributed by atoms with Crippen LogP contribution in [0.5, 0.6) is 5.88 Å². The summed E-state index contributed by atoms with van der Waals surface area (Å²) in [7, 11) is 1.52. The summed E-state index contributed by atoms with van der Waals surface area (Å²) < 4.78 is 4.99. The van der Waals surface area contributed by atoms with E-state index in [0.717, 1.165) is 0 Å². The van der Waals surface area contributed by atoms with E-state index in [-0.39, 0.29) is 6.54 Å². The summed E-state index contributed by atoms with van der Waals surface area (Å²) in [5, 5.41) is 14.0. The van der Waals surface area contributed by atoms with Gasteiger partial charge in [-0.05, 0) is 23.8 Å². The van der Waals surface area contributed by atoms with E-state index in [0.29, 0.717) is 27.4 Å². The summed E-state index contributed by atoms with van der Waals surface area (Å²) >= 11 is 11.8. The van der Waals surface area contributed by atoms with Crippen LogP contribution in [0.4, 0.5) is 5.95 Å². The van der Waals surface area contributed by atoms with E-state index < -0.39 is 6.10 Å². The number of nitrogens with zero attached hydrogens (tertiary/aromatic N) is 2. The Labute approximate surface area is 126 Å². The molecule has 1 atom stereocenters. The van der Waals surface area contributed by atoms with E-state index in [1.807, 2.05) is 0 Å². The van der Waals surface area contributed by atoms with E-state index >= 15 is 0 Å². The molecule has 0 aliphatic heterocycles. The van der Waals surface area contributed by atoms with Gasteiger partial charge < -0.3 is 15.2 Å². The minimum absolute atomic E-state index is 0.226. The quantitative estimate of drug-likeness (QED) is 0.888. The average molecular weight is 314 g/mol. The zero-order valence-corrected chi connectivity index (χ0v) is 12.2. The molecule has 1 aromatic carbocycles. The molecule has 0 aliphatic carbocycles. The largest absolute Gasteiger partial charge is 0.481 e. The second-order valence-electron chi connectivity index (χ2n) is 4.02. The molecule has 20 heavy (non-hydrogen) atoms. The van der Waals surface area contributed by atoms with Gasteiger partial charge in [0.15, 0.2) is 0 Å². The number of methoxy groups -OCH3 is 1. The van der Waals surface area contributed by atoms with Crippen LogP contribution in [0.15, 0.2) is 30.5 Å². The lowest BCUT2D eigenvalue weighted by Crippen LogP contribution is -2.14. The number of halogens is 2. The van der Waals surface area contributed by atoms with E-state index in [1.165, 1.54) is 7.11 Å². The molecule has 1 unspecified atom stereocenters. The van der Waals surface area contributed by atoms with Gasteiger partial charge in [-0.3, -0.25) is 0 Å². The van der Waals surface area contributed by atoms with Gasteiger partial charge in [0.25, 0.3) is 0 Å². The van der Waals surface area contributed by atoms with Gasteiger partial charge in [-0.15, -0.1) is 0 Å². The Bertz CT molecular complexity index is 575. The summed E-state index contributed by atoms with van der Waals surface area (Å²) in [5.41, 5.74) is 0.623. The fourth-order valence-electron chi connectivity index (χ4n) is 1.61. The maximum atomic E-state index is 10.1. The molecule has 0 radical (unpaired) electrons. The number of aliphatic hydroxyl groups excluding tert-OH is 1. The van der Waals surface area contributed by atoms with Crippen LogP contribution in [0.25, 0.3) is 0 Å². The maximum Gasteiger partial charge on any atom is 0.226 e. The van der Waals surface area contributed by atoms with Crippen molar-refractivity contribution in [3.05, 3.63) is 46.1 Å². The molecule has 0 amide bonds. The highest BCUT2D eigenvalue weighted by atomic mass is 35.5. The number of aliphatic hydroxyl groups is 1. The molecular formula is C13H13Cl2N3O2. The van der Waals surface area contributed by atoms with Crippen molar-refractivity contribution in [3.63, 3.8) is 0 Å². The first-order chi connectivity index (χ1) is 9.58. The number of rotatable bonds is 5. The summed E-state index contributed by atoms with van der Waals surface area (Å²) in [6.07, 6.45) is 0.789. The predicted octanol–water partition coefficient (Wildman–Crippen LogP) is 2.94. The molecule has 0 bridgehead atoms. The highest BCUT2D eigenvalue weighted by Crippen LogP contribution is 2.23. The van der Waals surface area contributed by atoms with Gasteiger partial charge in [0, 0.05) is 28.9 Å². The van der Waals surface area contributed by atoms with Crippen molar-refractivity contribution < 1.29 is 9.84 Å². The van der Waals surface area contributed by atoms with Crippen molar-refractivity contribution >= 4 is 29.2 Å². The fraction of sp³-hybridized carbons (Fsp3) is 0.231. The summed E-state index contributed by atoms with van der Waals surface area (Å²) in [6.45, 7) is 0.226. The van der Waals surface area contributed by atoms with Crippen molar-refractivity contribution in [2.75, 3.05) is 19.0 Å². The first-order valence-corrected chi connectivity index (χ1v) is 6.59. The van der Waals surface area contributed by atoms with Crippen LogP contribution in [-0.4, -0.2) is 28.7 Å². The summed E-state index contributed by atoms with van der Waals surface area (Å²) in [6, 6.07) is 6.56. The van der Waals surface area contributed by atoms with Gasteiger partial charge in [-0.25, -0.2) is 4.98 Å². The van der Waals surface area contributed by atoms with E-state index in [4.69, 9.17) is 27.9 Å². The van der Waals surface area contributed by atoms with Crippen LogP contribution < -0.4 is 10.1 Å². The molecule has 0 spiro atoms. The number of anilines is 1. The Morgan fingerprint density at radius 1 is 1.30 bits per heavy atom. The third-order valence-corrected chi connectivity index (χ3v) is 3.00. The lowest BCUT2D eigenvalue weighted by molar-refractivity contribution is 0.191. The highest BCUT2D eigenvalue weighted by molar-refractivity contribution is 6.34. The molecule has 1 heterocycles. The molecule has 2 N–H and O–H groups in total. The number of hydrogen-bond acceptors (Lipinski definition) is 5. The molecule has 106 valence electrons. The van der Waals surface area contributed by atoms with Gasteiger partial charge in [-0.2, -0.15) is 4.98 Å². The van der Waals surface area contributed by atoms with Crippen molar-refractivity contribution in [1.29, 1.82) is 0 Å². The number of hydrogen-bond donors (Lipinski definition) is 2. The minimum Gasteiger partial charge on any atom is -0.481 e. The standard InChI is InChI=1S/C13H13Cl2N3O2/c1-20-12-2-3-16-13(18-12)17-7-11(19)8-4-9(14)6-10(15)5-8/h2-6,11,19H,7H2,1H3,(H,16,17,18). The van der Waals surface area contributed by atoms with Gasteiger partial charge in [-0.1, -0.05) is 23.2 Å². The van der Waals surface area contributed by atoms with E-state index in [9.17, 15) is 5.11 Å². The molecule has 0 saturated carbocycles. The van der Waals surface area contributed by atoms with Crippen LogP contribution >= 0.6 is 23.2 Å². The van der Waals surface area contributed by atoms with Crippen LogP contribution in [-0.2, 0) is 0 Å². The van der Waals surface area contributed by atoms with Crippen LogP contribution in [0.2, 0.25) is 10.0 Å². The van der Waals surface area contributed by atoms with Gasteiger partial charge in [0.1, 0.15) is 0 Å². The molecule has 7 heteroatoms. The lowest BCUT2D eigenvalue weighted by atomic mass is 10.1. The van der Waals surface area contributed by atoms with Gasteiger partial charge in [0.2, 0.25) is 11.8 Å². The molecular weight excluding hydrogens is 301 g/mol. The van der Waals surface area contributed by atoms with Gasteiger partial charge >= 0.3 is 0 Å². The minimum atomic E-state index is -0.777. The Balaban J connectivity index is 2.02. The Hall–Kier alpha value is -1.56. The van der Waals surface area contributed by atoms with Crippen molar-refractivity contribution in [1.82, 2.24) is 9.97 Å². The highest BCUT2D eigenvalue weighted by Gasteiger charge is 2.10. The molecule has 2 rings (SSSR count). The zero-order chi connectivity index (χ0) is 14.5. The topological polar surface area (TPSA) is 67.3 Å². The van der Waals surface area contributed by atoms with Crippen LogP contribution in [0, 0.1) is 0 Å². The third kappa shape index (κ3) is 3.96. The number of benzene rings is 1. The number of aromatic nitrogens is 2. The molecule has 2 aromatic rings. The number of ether oxygens (including phenoxy) is 1. The Kier molecular flexibility index (Phi) is 5.00. The monoisotopic (exact) mass is 313 g/mol.